The highest BCUT2D eigenvalue weighted by molar-refractivity contribution is 7.22. The van der Waals surface area contributed by atoms with E-state index in [0.717, 1.165) is 45.1 Å². The lowest BCUT2D eigenvalue weighted by Crippen LogP contribution is -2.36. The van der Waals surface area contributed by atoms with Gasteiger partial charge in [-0.05, 0) is 24.3 Å². The molecule has 5 heterocycles. The van der Waals surface area contributed by atoms with Gasteiger partial charge >= 0.3 is 0 Å². The second-order valence-electron chi connectivity index (χ2n) is 8.32. The number of morpholine rings is 1. The SMILES string of the molecule is Cc1ncc(C(=O)Nc2cccc(-c3nc(N4CCOCC4)c4sc(-c5cccnc5)cc4n3)c2)o1. The van der Waals surface area contributed by atoms with Crippen molar-refractivity contribution in [1.29, 1.82) is 0 Å². The van der Waals surface area contributed by atoms with Gasteiger partial charge in [0.2, 0.25) is 5.76 Å². The Bertz CT molecular complexity index is 1540. The highest BCUT2D eigenvalue weighted by Crippen LogP contribution is 2.38. The number of hydrogen-bond acceptors (Lipinski definition) is 9. The summed E-state index contributed by atoms with van der Waals surface area (Å²) in [6.07, 6.45) is 5.04. The lowest BCUT2D eigenvalue weighted by molar-refractivity contribution is 0.0995. The molecule has 4 aromatic heterocycles. The molecule has 0 aliphatic carbocycles. The minimum Gasteiger partial charge on any atom is -0.436 e. The van der Waals surface area contributed by atoms with Crippen LogP contribution < -0.4 is 10.2 Å². The van der Waals surface area contributed by atoms with E-state index in [-0.39, 0.29) is 11.7 Å². The maximum Gasteiger partial charge on any atom is 0.293 e. The fourth-order valence-electron chi connectivity index (χ4n) is 4.08. The number of benzene rings is 1. The highest BCUT2D eigenvalue weighted by Gasteiger charge is 2.21. The van der Waals surface area contributed by atoms with Crippen molar-refractivity contribution in [1.82, 2.24) is 19.9 Å². The first-order chi connectivity index (χ1) is 17.6. The van der Waals surface area contributed by atoms with Gasteiger partial charge in [-0.1, -0.05) is 18.2 Å². The number of aromatic nitrogens is 4. The molecule has 0 spiro atoms. The van der Waals surface area contributed by atoms with E-state index >= 15 is 0 Å². The molecule has 10 heteroatoms. The number of pyridine rings is 1. The molecule has 0 bridgehead atoms. The van der Waals surface area contributed by atoms with Crippen LogP contribution in [0.3, 0.4) is 0 Å². The summed E-state index contributed by atoms with van der Waals surface area (Å²) in [6.45, 7) is 4.53. The normalized spacial score (nSPS) is 13.8. The Morgan fingerprint density at radius 3 is 2.69 bits per heavy atom. The first-order valence-corrected chi connectivity index (χ1v) is 12.3. The summed E-state index contributed by atoms with van der Waals surface area (Å²) in [5.74, 6) is 1.72. The van der Waals surface area contributed by atoms with E-state index in [9.17, 15) is 4.79 Å². The van der Waals surface area contributed by atoms with Crippen LogP contribution in [0.25, 0.3) is 32.0 Å². The molecule has 180 valence electrons. The molecule has 1 aliphatic heterocycles. The van der Waals surface area contributed by atoms with Gasteiger partial charge in [0.15, 0.2) is 17.5 Å². The molecule has 1 N–H and O–H groups in total. The van der Waals surface area contributed by atoms with E-state index in [4.69, 9.17) is 19.1 Å². The number of nitrogens with zero attached hydrogens (tertiary/aromatic N) is 5. The Kier molecular flexibility index (Phi) is 5.88. The van der Waals surface area contributed by atoms with Gasteiger partial charge in [-0.25, -0.2) is 15.0 Å². The fourth-order valence-corrected chi connectivity index (χ4v) is 5.18. The van der Waals surface area contributed by atoms with Crippen LogP contribution in [-0.2, 0) is 4.74 Å². The van der Waals surface area contributed by atoms with Gasteiger partial charge in [-0.2, -0.15) is 0 Å². The van der Waals surface area contributed by atoms with Gasteiger partial charge in [0, 0.05) is 54.1 Å². The maximum atomic E-state index is 12.5. The average Bonchev–Trinajstić information content (AvgIpc) is 3.56. The molecular formula is C26H22N6O3S. The number of hydrogen-bond donors (Lipinski definition) is 1. The number of nitrogens with one attached hydrogen (secondary N) is 1. The number of thiophene rings is 1. The number of ether oxygens (including phenoxy) is 1. The second-order valence-corrected chi connectivity index (χ2v) is 9.37. The number of anilines is 2. The Morgan fingerprint density at radius 1 is 1.06 bits per heavy atom. The van der Waals surface area contributed by atoms with E-state index in [1.807, 2.05) is 42.6 Å². The molecule has 1 aromatic carbocycles. The van der Waals surface area contributed by atoms with Crippen LogP contribution in [0.15, 0.2) is 65.5 Å². The van der Waals surface area contributed by atoms with E-state index in [1.165, 1.54) is 6.20 Å². The van der Waals surface area contributed by atoms with Crippen LogP contribution >= 0.6 is 11.3 Å². The van der Waals surface area contributed by atoms with Crippen LogP contribution in [-0.4, -0.2) is 52.1 Å². The van der Waals surface area contributed by atoms with Gasteiger partial charge in [0.25, 0.3) is 5.91 Å². The minimum atomic E-state index is -0.364. The van der Waals surface area contributed by atoms with E-state index in [1.54, 1.807) is 24.5 Å². The zero-order chi connectivity index (χ0) is 24.5. The Morgan fingerprint density at radius 2 is 1.92 bits per heavy atom. The quantitative estimate of drug-likeness (QED) is 0.368. The van der Waals surface area contributed by atoms with Crippen molar-refractivity contribution in [2.24, 2.45) is 0 Å². The van der Waals surface area contributed by atoms with Crippen molar-refractivity contribution in [2.45, 2.75) is 6.92 Å². The molecule has 6 rings (SSSR count). The molecule has 9 nitrogen and oxygen atoms in total. The summed E-state index contributed by atoms with van der Waals surface area (Å²) < 4.78 is 11.9. The third kappa shape index (κ3) is 4.43. The van der Waals surface area contributed by atoms with Crippen molar-refractivity contribution in [3.8, 4) is 21.8 Å². The Labute approximate surface area is 210 Å². The number of rotatable bonds is 5. The van der Waals surface area contributed by atoms with Gasteiger partial charge in [0.05, 0.1) is 29.6 Å². The van der Waals surface area contributed by atoms with Crippen molar-refractivity contribution in [3.05, 3.63) is 72.7 Å². The van der Waals surface area contributed by atoms with Crippen LogP contribution in [0.1, 0.15) is 16.4 Å². The van der Waals surface area contributed by atoms with Crippen molar-refractivity contribution >= 4 is 39.0 Å². The van der Waals surface area contributed by atoms with Gasteiger partial charge in [-0.15, -0.1) is 11.3 Å². The van der Waals surface area contributed by atoms with E-state index in [2.05, 4.69) is 26.3 Å². The summed E-state index contributed by atoms with van der Waals surface area (Å²) in [5, 5.41) is 2.86. The van der Waals surface area contributed by atoms with E-state index in [0.29, 0.717) is 30.6 Å². The molecule has 0 radical (unpaired) electrons. The summed E-state index contributed by atoms with van der Waals surface area (Å²) in [6, 6.07) is 13.5. The molecule has 0 saturated carbocycles. The predicted octanol–water partition coefficient (Wildman–Crippen LogP) is 4.81. The molecule has 1 fully saturated rings. The van der Waals surface area contributed by atoms with Gasteiger partial charge in [-0.3, -0.25) is 9.78 Å². The highest BCUT2D eigenvalue weighted by atomic mass is 32.1. The third-order valence-corrected chi connectivity index (χ3v) is 7.00. The Balaban J connectivity index is 1.40. The average molecular weight is 499 g/mol. The fraction of sp³-hybridized carbons (Fsp3) is 0.192. The topological polar surface area (TPSA) is 106 Å². The summed E-state index contributed by atoms with van der Waals surface area (Å²) in [5.41, 5.74) is 3.33. The molecule has 36 heavy (non-hydrogen) atoms. The smallest absolute Gasteiger partial charge is 0.293 e. The monoisotopic (exact) mass is 498 g/mol. The lowest BCUT2D eigenvalue weighted by Gasteiger charge is -2.28. The minimum absolute atomic E-state index is 0.159. The summed E-state index contributed by atoms with van der Waals surface area (Å²) in [7, 11) is 0. The van der Waals surface area contributed by atoms with Crippen LogP contribution in [0.5, 0.6) is 0 Å². The molecule has 5 aromatic rings. The first kappa shape index (κ1) is 22.3. The number of aryl methyl sites for hydroxylation is 1. The zero-order valence-electron chi connectivity index (χ0n) is 19.5. The van der Waals surface area contributed by atoms with Crippen molar-refractivity contribution in [2.75, 3.05) is 36.5 Å². The standard InChI is InChI=1S/C26H22N6O3S/c1-16-28-15-21(35-16)26(33)29-19-6-2-4-17(12-19)24-30-20-13-22(18-5-3-7-27-14-18)36-23(20)25(31-24)32-8-10-34-11-9-32/h2-7,12-15H,8-11H2,1H3,(H,29,33). The molecule has 0 unspecified atom stereocenters. The van der Waals surface area contributed by atoms with Crippen LogP contribution in [0.4, 0.5) is 11.5 Å². The third-order valence-electron chi connectivity index (χ3n) is 5.83. The molecular weight excluding hydrogens is 476 g/mol. The van der Waals surface area contributed by atoms with Crippen molar-refractivity contribution in [3.63, 3.8) is 0 Å². The maximum absolute atomic E-state index is 12.5. The van der Waals surface area contributed by atoms with Crippen LogP contribution in [0.2, 0.25) is 0 Å². The molecule has 0 atom stereocenters. The second kappa shape index (κ2) is 9.48. The predicted molar refractivity (Wildman–Crippen MR) is 138 cm³/mol. The molecule has 1 amide bonds. The lowest BCUT2D eigenvalue weighted by atomic mass is 10.1. The van der Waals surface area contributed by atoms with E-state index < -0.39 is 0 Å². The summed E-state index contributed by atoms with van der Waals surface area (Å²) in [4.78, 5) is 34.0. The number of carbonyl (C=O) groups excluding carboxylic acids is 1. The molecule has 1 saturated heterocycles. The van der Waals surface area contributed by atoms with Gasteiger partial charge in [0.1, 0.15) is 0 Å². The number of oxazole rings is 1. The van der Waals surface area contributed by atoms with Gasteiger partial charge < -0.3 is 19.4 Å². The number of fused-ring (bicyclic) bond motifs is 1. The zero-order valence-corrected chi connectivity index (χ0v) is 20.3. The number of amides is 1. The largest absolute Gasteiger partial charge is 0.436 e. The summed E-state index contributed by atoms with van der Waals surface area (Å²) >= 11 is 1.66. The number of carbonyl (C=O) groups is 1. The first-order valence-electron chi connectivity index (χ1n) is 11.5. The Hall–Kier alpha value is -4.15. The van der Waals surface area contributed by atoms with Crippen LogP contribution in [0, 0.1) is 6.92 Å². The molecule has 1 aliphatic rings. The van der Waals surface area contributed by atoms with Crippen molar-refractivity contribution < 1.29 is 13.9 Å².